The van der Waals surface area contributed by atoms with Crippen LogP contribution in [0, 0.1) is 5.41 Å². The largest absolute Gasteiger partial charge is 0.497 e. The Morgan fingerprint density at radius 2 is 1.75 bits per heavy atom. The van der Waals surface area contributed by atoms with Crippen molar-refractivity contribution in [1.82, 2.24) is 0 Å². The third-order valence-electron chi connectivity index (χ3n) is 4.19. The maximum Gasteiger partial charge on any atom is 0.118 e. The van der Waals surface area contributed by atoms with Crippen molar-refractivity contribution in [3.8, 4) is 5.75 Å². The molecule has 2 heteroatoms. The SMILES string of the molecule is COc1ccc(C2(N)CCCC2(C)C)cc1. The minimum Gasteiger partial charge on any atom is -0.497 e. The molecule has 1 atom stereocenters. The molecule has 2 nitrogen and oxygen atoms in total. The Morgan fingerprint density at radius 3 is 2.19 bits per heavy atom. The van der Waals surface area contributed by atoms with Gasteiger partial charge < -0.3 is 10.5 Å². The van der Waals surface area contributed by atoms with E-state index in [-0.39, 0.29) is 11.0 Å². The summed E-state index contributed by atoms with van der Waals surface area (Å²) in [6.07, 6.45) is 3.50. The first-order valence-corrected chi connectivity index (χ1v) is 5.93. The van der Waals surface area contributed by atoms with Gasteiger partial charge in [0.25, 0.3) is 0 Å². The second-order valence-corrected chi connectivity index (χ2v) is 5.44. The summed E-state index contributed by atoms with van der Waals surface area (Å²) in [6, 6.07) is 8.20. The first-order chi connectivity index (χ1) is 7.49. The van der Waals surface area contributed by atoms with Gasteiger partial charge >= 0.3 is 0 Å². The lowest BCUT2D eigenvalue weighted by Crippen LogP contribution is -2.45. The van der Waals surface area contributed by atoms with Crippen molar-refractivity contribution >= 4 is 0 Å². The van der Waals surface area contributed by atoms with Gasteiger partial charge in [0.1, 0.15) is 5.75 Å². The number of nitrogens with two attached hydrogens (primary N) is 1. The van der Waals surface area contributed by atoms with Gasteiger partial charge in [0.15, 0.2) is 0 Å². The van der Waals surface area contributed by atoms with E-state index in [0.717, 1.165) is 12.2 Å². The summed E-state index contributed by atoms with van der Waals surface area (Å²) >= 11 is 0. The molecule has 2 N–H and O–H groups in total. The van der Waals surface area contributed by atoms with Crippen LogP contribution in [-0.2, 0) is 5.54 Å². The van der Waals surface area contributed by atoms with Crippen LogP contribution in [0.3, 0.4) is 0 Å². The number of benzene rings is 1. The maximum atomic E-state index is 6.61. The predicted molar refractivity (Wildman–Crippen MR) is 66.5 cm³/mol. The van der Waals surface area contributed by atoms with Gasteiger partial charge in [-0.25, -0.2) is 0 Å². The Kier molecular flexibility index (Phi) is 2.70. The van der Waals surface area contributed by atoms with Gasteiger partial charge in [0.05, 0.1) is 7.11 Å². The average molecular weight is 219 g/mol. The van der Waals surface area contributed by atoms with Crippen LogP contribution >= 0.6 is 0 Å². The monoisotopic (exact) mass is 219 g/mol. The molecular formula is C14H21NO. The third-order valence-corrected chi connectivity index (χ3v) is 4.19. The van der Waals surface area contributed by atoms with Crippen molar-refractivity contribution in [3.63, 3.8) is 0 Å². The highest BCUT2D eigenvalue weighted by atomic mass is 16.5. The van der Waals surface area contributed by atoms with Crippen LogP contribution in [0.5, 0.6) is 5.75 Å². The number of methoxy groups -OCH3 is 1. The molecule has 1 aromatic rings. The van der Waals surface area contributed by atoms with Gasteiger partial charge in [-0.2, -0.15) is 0 Å². The van der Waals surface area contributed by atoms with Crippen LogP contribution in [-0.4, -0.2) is 7.11 Å². The zero-order chi connectivity index (χ0) is 11.8. The second kappa shape index (κ2) is 3.77. The van der Waals surface area contributed by atoms with E-state index in [0.29, 0.717) is 0 Å². The Balaban J connectivity index is 2.35. The van der Waals surface area contributed by atoms with Crippen LogP contribution in [0.1, 0.15) is 38.7 Å². The molecule has 0 aliphatic heterocycles. The van der Waals surface area contributed by atoms with E-state index in [1.807, 2.05) is 12.1 Å². The van der Waals surface area contributed by atoms with Crippen molar-refractivity contribution in [2.45, 2.75) is 38.6 Å². The summed E-state index contributed by atoms with van der Waals surface area (Å²) in [5.74, 6) is 0.892. The highest BCUT2D eigenvalue weighted by Gasteiger charge is 2.46. The molecule has 16 heavy (non-hydrogen) atoms. The van der Waals surface area contributed by atoms with Gasteiger partial charge in [0.2, 0.25) is 0 Å². The molecule has 0 radical (unpaired) electrons. The third kappa shape index (κ3) is 1.61. The van der Waals surface area contributed by atoms with Crippen LogP contribution in [0.25, 0.3) is 0 Å². The summed E-state index contributed by atoms with van der Waals surface area (Å²) in [4.78, 5) is 0. The minimum atomic E-state index is -0.181. The number of ether oxygens (including phenoxy) is 1. The predicted octanol–water partition coefficient (Wildman–Crippen LogP) is 3.06. The highest BCUT2D eigenvalue weighted by molar-refractivity contribution is 5.34. The van der Waals surface area contributed by atoms with E-state index in [1.54, 1.807) is 7.11 Å². The van der Waals surface area contributed by atoms with Crippen molar-refractivity contribution in [1.29, 1.82) is 0 Å². The molecule has 0 heterocycles. The zero-order valence-corrected chi connectivity index (χ0v) is 10.4. The Morgan fingerprint density at radius 1 is 1.12 bits per heavy atom. The average Bonchev–Trinajstić information content (AvgIpc) is 2.55. The molecule has 1 aromatic carbocycles. The molecule has 0 bridgehead atoms. The van der Waals surface area contributed by atoms with Crippen molar-refractivity contribution < 1.29 is 4.74 Å². The molecule has 2 rings (SSSR count). The maximum absolute atomic E-state index is 6.61. The number of rotatable bonds is 2. The fourth-order valence-electron chi connectivity index (χ4n) is 2.79. The van der Waals surface area contributed by atoms with Crippen LogP contribution < -0.4 is 10.5 Å². The molecule has 0 saturated heterocycles. The summed E-state index contributed by atoms with van der Waals surface area (Å²) in [7, 11) is 1.69. The van der Waals surface area contributed by atoms with Crippen molar-refractivity contribution in [3.05, 3.63) is 29.8 Å². The first kappa shape index (κ1) is 11.5. The second-order valence-electron chi connectivity index (χ2n) is 5.44. The molecular weight excluding hydrogens is 198 g/mol. The molecule has 0 spiro atoms. The quantitative estimate of drug-likeness (QED) is 0.829. The first-order valence-electron chi connectivity index (χ1n) is 5.93. The molecule has 1 unspecified atom stereocenters. The summed E-state index contributed by atoms with van der Waals surface area (Å²) in [5.41, 5.74) is 7.84. The number of hydrogen-bond donors (Lipinski definition) is 1. The van der Waals surface area contributed by atoms with E-state index < -0.39 is 0 Å². The van der Waals surface area contributed by atoms with Crippen LogP contribution in [0.4, 0.5) is 0 Å². The molecule has 1 aliphatic carbocycles. The smallest absolute Gasteiger partial charge is 0.118 e. The summed E-state index contributed by atoms with van der Waals surface area (Å²) in [6.45, 7) is 4.54. The Hall–Kier alpha value is -1.02. The van der Waals surface area contributed by atoms with Gasteiger partial charge in [0, 0.05) is 5.54 Å². The van der Waals surface area contributed by atoms with Crippen LogP contribution in [0.15, 0.2) is 24.3 Å². The van der Waals surface area contributed by atoms with E-state index in [1.165, 1.54) is 18.4 Å². The lowest BCUT2D eigenvalue weighted by atomic mass is 9.71. The topological polar surface area (TPSA) is 35.2 Å². The molecule has 0 aromatic heterocycles. The molecule has 1 aliphatic rings. The fourth-order valence-corrected chi connectivity index (χ4v) is 2.79. The minimum absolute atomic E-state index is 0.181. The normalized spacial score (nSPS) is 28.0. The molecule has 1 saturated carbocycles. The standard InChI is InChI=1S/C14H21NO/c1-13(2)9-4-10-14(13,15)11-5-7-12(16-3)8-6-11/h5-8H,4,9-10,15H2,1-3H3. The van der Waals surface area contributed by atoms with Crippen molar-refractivity contribution in [2.24, 2.45) is 11.1 Å². The van der Waals surface area contributed by atoms with Crippen molar-refractivity contribution in [2.75, 3.05) is 7.11 Å². The Labute approximate surface area is 97.8 Å². The summed E-state index contributed by atoms with van der Waals surface area (Å²) < 4.78 is 5.18. The number of hydrogen-bond acceptors (Lipinski definition) is 2. The molecule has 0 amide bonds. The van der Waals surface area contributed by atoms with Gasteiger partial charge in [-0.1, -0.05) is 32.4 Å². The van der Waals surface area contributed by atoms with E-state index in [9.17, 15) is 0 Å². The fraction of sp³-hybridized carbons (Fsp3) is 0.571. The zero-order valence-electron chi connectivity index (χ0n) is 10.4. The van der Waals surface area contributed by atoms with E-state index in [4.69, 9.17) is 10.5 Å². The molecule has 1 fully saturated rings. The Bertz CT molecular complexity index is 369. The van der Waals surface area contributed by atoms with Gasteiger partial charge in [-0.15, -0.1) is 0 Å². The summed E-state index contributed by atoms with van der Waals surface area (Å²) in [5, 5.41) is 0. The highest BCUT2D eigenvalue weighted by Crippen LogP contribution is 2.50. The van der Waals surface area contributed by atoms with Gasteiger partial charge in [-0.3, -0.25) is 0 Å². The van der Waals surface area contributed by atoms with Crippen LogP contribution in [0.2, 0.25) is 0 Å². The van der Waals surface area contributed by atoms with E-state index >= 15 is 0 Å². The lowest BCUT2D eigenvalue weighted by Gasteiger charge is -2.38. The lowest BCUT2D eigenvalue weighted by molar-refractivity contribution is 0.210. The van der Waals surface area contributed by atoms with Gasteiger partial charge in [-0.05, 0) is 36.0 Å². The molecule has 88 valence electrons. The van der Waals surface area contributed by atoms with E-state index in [2.05, 4.69) is 26.0 Å².